The van der Waals surface area contributed by atoms with Crippen LogP contribution in [0, 0.1) is 0 Å². The van der Waals surface area contributed by atoms with Crippen LogP contribution >= 0.6 is 0 Å². The number of imidazole rings is 1. The van der Waals surface area contributed by atoms with E-state index in [2.05, 4.69) is 21.2 Å². The van der Waals surface area contributed by atoms with Gasteiger partial charge in [-0.15, -0.1) is 10.6 Å². The number of nitrogens with zero attached hydrogens (tertiary/aromatic N) is 5. The molecular weight excluding hydrogens is 210 g/mol. The molecule has 3 rings (SSSR count). The fourth-order valence-electron chi connectivity index (χ4n) is 2.00. The van der Waals surface area contributed by atoms with Crippen molar-refractivity contribution in [2.24, 2.45) is 12.1 Å². The molecule has 0 bridgehead atoms. The summed E-state index contributed by atoms with van der Waals surface area (Å²) in [6, 6.07) is 0. The van der Waals surface area contributed by atoms with Gasteiger partial charge in [0.25, 0.3) is 0 Å². The summed E-state index contributed by atoms with van der Waals surface area (Å²) in [4.78, 5) is 4.48. The zero-order valence-electron chi connectivity index (χ0n) is 9.10. The van der Waals surface area contributed by atoms with Crippen LogP contribution in [0.5, 0.6) is 0 Å². The normalized spacial score (nSPS) is 19.9. The SMILES string of the molecule is CN1NNN=C1c1nc2c(n1C)CN(O)C2. The summed E-state index contributed by atoms with van der Waals surface area (Å²) in [6.07, 6.45) is 0. The summed E-state index contributed by atoms with van der Waals surface area (Å²) < 4.78 is 1.95. The van der Waals surface area contributed by atoms with E-state index in [4.69, 9.17) is 0 Å². The number of hydroxylamine groups is 2. The quantitative estimate of drug-likeness (QED) is 0.551. The van der Waals surface area contributed by atoms with E-state index < -0.39 is 0 Å². The van der Waals surface area contributed by atoms with E-state index in [-0.39, 0.29) is 0 Å². The molecule has 16 heavy (non-hydrogen) atoms. The molecule has 86 valence electrons. The second-order valence-corrected chi connectivity index (χ2v) is 3.93. The van der Waals surface area contributed by atoms with Crippen molar-refractivity contribution in [1.29, 1.82) is 0 Å². The third kappa shape index (κ3) is 1.21. The zero-order valence-corrected chi connectivity index (χ0v) is 9.10. The lowest BCUT2D eigenvalue weighted by Crippen LogP contribution is -2.38. The maximum absolute atomic E-state index is 9.39. The first-order valence-electron chi connectivity index (χ1n) is 4.97. The third-order valence-corrected chi connectivity index (χ3v) is 2.86. The summed E-state index contributed by atoms with van der Waals surface area (Å²) >= 11 is 0. The lowest BCUT2D eigenvalue weighted by atomic mass is 10.4. The van der Waals surface area contributed by atoms with E-state index >= 15 is 0 Å². The predicted octanol–water partition coefficient (Wildman–Crippen LogP) is -1.26. The predicted molar refractivity (Wildman–Crippen MR) is 54.8 cm³/mol. The topological polar surface area (TPSA) is 81.0 Å². The van der Waals surface area contributed by atoms with Gasteiger partial charge in [-0.05, 0) is 0 Å². The van der Waals surface area contributed by atoms with Crippen LogP contribution in [0.2, 0.25) is 0 Å². The molecule has 2 aliphatic rings. The number of fused-ring (bicyclic) bond motifs is 1. The molecule has 0 unspecified atom stereocenters. The molecule has 1 aromatic rings. The molecule has 3 N–H and O–H groups in total. The zero-order chi connectivity index (χ0) is 11.3. The van der Waals surface area contributed by atoms with Gasteiger partial charge < -0.3 is 9.77 Å². The molecule has 0 saturated carbocycles. The first-order chi connectivity index (χ1) is 7.66. The number of hydrogen-bond donors (Lipinski definition) is 3. The van der Waals surface area contributed by atoms with Crippen LogP contribution < -0.4 is 11.1 Å². The van der Waals surface area contributed by atoms with Crippen LogP contribution in [0.4, 0.5) is 0 Å². The molecule has 2 aliphatic heterocycles. The van der Waals surface area contributed by atoms with Gasteiger partial charge in [0.1, 0.15) is 0 Å². The monoisotopic (exact) mass is 223 g/mol. The Bertz CT molecular complexity index is 465. The minimum atomic E-state index is 0.473. The number of rotatable bonds is 1. The van der Waals surface area contributed by atoms with Crippen molar-refractivity contribution in [2.45, 2.75) is 13.1 Å². The van der Waals surface area contributed by atoms with E-state index in [0.29, 0.717) is 13.1 Å². The van der Waals surface area contributed by atoms with Gasteiger partial charge in [0.05, 0.1) is 24.5 Å². The fourth-order valence-corrected chi connectivity index (χ4v) is 2.00. The Morgan fingerprint density at radius 3 is 2.75 bits per heavy atom. The highest BCUT2D eigenvalue weighted by Gasteiger charge is 2.28. The first kappa shape index (κ1) is 9.58. The van der Waals surface area contributed by atoms with Crippen molar-refractivity contribution in [1.82, 2.24) is 30.7 Å². The Balaban J connectivity index is 2.02. The molecule has 0 aromatic carbocycles. The van der Waals surface area contributed by atoms with Gasteiger partial charge in [-0.25, -0.2) is 10.5 Å². The number of amidine groups is 1. The van der Waals surface area contributed by atoms with Crippen LogP contribution in [0.3, 0.4) is 0 Å². The van der Waals surface area contributed by atoms with Crippen molar-refractivity contribution in [3.05, 3.63) is 17.2 Å². The Kier molecular flexibility index (Phi) is 1.90. The Morgan fingerprint density at radius 1 is 1.31 bits per heavy atom. The number of hydrazine groups is 2. The van der Waals surface area contributed by atoms with Gasteiger partial charge in [0.15, 0.2) is 5.82 Å². The van der Waals surface area contributed by atoms with Gasteiger partial charge in [0.2, 0.25) is 5.84 Å². The second kappa shape index (κ2) is 3.17. The summed E-state index contributed by atoms with van der Waals surface area (Å²) in [5, 5.41) is 16.5. The lowest BCUT2D eigenvalue weighted by Gasteiger charge is -2.13. The average Bonchev–Trinajstić information content (AvgIpc) is 2.85. The summed E-state index contributed by atoms with van der Waals surface area (Å²) in [7, 11) is 3.78. The Labute approximate surface area is 92.1 Å². The van der Waals surface area contributed by atoms with Crippen LogP contribution in [-0.4, -0.2) is 37.7 Å². The standard InChI is InChI=1S/C8H13N7O/c1-13-6-4-15(16)3-5(6)9-7(13)8-10-11-12-14(8)2/h11-12,16H,3-4H2,1-2H3. The average molecular weight is 223 g/mol. The summed E-state index contributed by atoms with van der Waals surface area (Å²) in [5.74, 6) is 1.53. The molecule has 0 aliphatic carbocycles. The summed E-state index contributed by atoms with van der Waals surface area (Å²) in [6.45, 7) is 0.984. The second-order valence-electron chi connectivity index (χ2n) is 3.93. The van der Waals surface area contributed by atoms with Crippen LogP contribution in [0.1, 0.15) is 17.2 Å². The van der Waals surface area contributed by atoms with E-state index in [1.165, 1.54) is 5.06 Å². The highest BCUT2D eigenvalue weighted by atomic mass is 16.5. The lowest BCUT2D eigenvalue weighted by molar-refractivity contribution is -0.0985. The smallest absolute Gasteiger partial charge is 0.208 e. The van der Waals surface area contributed by atoms with Gasteiger partial charge >= 0.3 is 0 Å². The molecule has 0 atom stereocenters. The molecule has 8 heteroatoms. The van der Waals surface area contributed by atoms with Crippen molar-refractivity contribution >= 4 is 5.84 Å². The highest BCUT2D eigenvalue weighted by molar-refractivity contribution is 5.96. The molecule has 0 fully saturated rings. The molecule has 3 heterocycles. The van der Waals surface area contributed by atoms with Crippen molar-refractivity contribution in [2.75, 3.05) is 7.05 Å². The minimum Gasteiger partial charge on any atom is -0.327 e. The number of nitrogens with one attached hydrogen (secondary N) is 2. The van der Waals surface area contributed by atoms with E-state index in [0.717, 1.165) is 23.0 Å². The molecule has 0 saturated heterocycles. The van der Waals surface area contributed by atoms with Crippen molar-refractivity contribution in [3.63, 3.8) is 0 Å². The van der Waals surface area contributed by atoms with Crippen LogP contribution in [0.25, 0.3) is 0 Å². The third-order valence-electron chi connectivity index (χ3n) is 2.86. The van der Waals surface area contributed by atoms with E-state index in [9.17, 15) is 5.21 Å². The molecular formula is C8H13N7O. The highest BCUT2D eigenvalue weighted by Crippen LogP contribution is 2.21. The van der Waals surface area contributed by atoms with Gasteiger partial charge in [-0.3, -0.25) is 5.01 Å². The molecule has 0 spiro atoms. The van der Waals surface area contributed by atoms with Gasteiger partial charge in [-0.2, -0.15) is 5.06 Å². The van der Waals surface area contributed by atoms with E-state index in [1.54, 1.807) is 5.01 Å². The number of hydrazone groups is 1. The van der Waals surface area contributed by atoms with E-state index in [1.807, 2.05) is 18.7 Å². The Morgan fingerprint density at radius 2 is 2.12 bits per heavy atom. The first-order valence-corrected chi connectivity index (χ1v) is 4.97. The maximum atomic E-state index is 9.39. The molecule has 0 amide bonds. The van der Waals surface area contributed by atoms with Gasteiger partial charge in [-0.1, -0.05) is 0 Å². The van der Waals surface area contributed by atoms with Crippen molar-refractivity contribution in [3.8, 4) is 0 Å². The van der Waals surface area contributed by atoms with Crippen LogP contribution in [0.15, 0.2) is 5.10 Å². The molecule has 8 nitrogen and oxygen atoms in total. The number of aromatic nitrogens is 2. The van der Waals surface area contributed by atoms with Gasteiger partial charge in [0, 0.05) is 14.1 Å². The fraction of sp³-hybridized carbons (Fsp3) is 0.500. The van der Waals surface area contributed by atoms with Crippen LogP contribution in [-0.2, 0) is 20.1 Å². The molecule has 0 radical (unpaired) electrons. The number of hydrogen-bond acceptors (Lipinski definition) is 7. The summed E-state index contributed by atoms with van der Waals surface area (Å²) in [5.41, 5.74) is 7.44. The largest absolute Gasteiger partial charge is 0.327 e. The van der Waals surface area contributed by atoms with Crippen molar-refractivity contribution < 1.29 is 5.21 Å². The Hall–Kier alpha value is -1.64. The maximum Gasteiger partial charge on any atom is 0.208 e. The molecule has 1 aromatic heterocycles. The minimum absolute atomic E-state index is 0.473.